The molecule has 1 N–H and O–H groups in total. The summed E-state index contributed by atoms with van der Waals surface area (Å²) in [5.74, 6) is -0.246. The molecule has 2 aliphatic rings. The molecule has 164 valence electrons. The Morgan fingerprint density at radius 3 is 2.65 bits per heavy atom. The van der Waals surface area contributed by atoms with Crippen molar-refractivity contribution in [2.45, 2.75) is 23.8 Å². The normalized spacial score (nSPS) is 18.0. The molecule has 11 heteroatoms. The predicted octanol–water partition coefficient (Wildman–Crippen LogP) is 2.40. The van der Waals surface area contributed by atoms with Gasteiger partial charge in [-0.2, -0.15) is 4.31 Å². The van der Waals surface area contributed by atoms with E-state index in [-0.39, 0.29) is 18.2 Å². The van der Waals surface area contributed by atoms with E-state index >= 15 is 0 Å². The third-order valence-electron chi connectivity index (χ3n) is 4.90. The van der Waals surface area contributed by atoms with Gasteiger partial charge in [0.25, 0.3) is 5.91 Å². The fraction of sp³-hybridized carbons (Fsp3) is 0.300. The van der Waals surface area contributed by atoms with Gasteiger partial charge in [-0.15, -0.1) is 0 Å². The van der Waals surface area contributed by atoms with Crippen LogP contribution >= 0.6 is 11.6 Å². The summed E-state index contributed by atoms with van der Waals surface area (Å²) in [5, 5.41) is 3.00. The quantitative estimate of drug-likeness (QED) is 0.650. The van der Waals surface area contributed by atoms with E-state index in [1.165, 1.54) is 24.3 Å². The van der Waals surface area contributed by atoms with E-state index in [0.29, 0.717) is 35.1 Å². The van der Waals surface area contributed by atoms with Gasteiger partial charge in [-0.1, -0.05) is 11.6 Å². The number of anilines is 1. The molecule has 0 aromatic heterocycles. The Morgan fingerprint density at radius 1 is 1.13 bits per heavy atom. The lowest BCUT2D eigenvalue weighted by Crippen LogP contribution is -2.42. The van der Waals surface area contributed by atoms with Crippen molar-refractivity contribution in [3.05, 3.63) is 47.5 Å². The smallest absolute Gasteiger partial charge is 0.324 e. The Labute approximate surface area is 183 Å². The fourth-order valence-electron chi connectivity index (χ4n) is 3.41. The van der Waals surface area contributed by atoms with E-state index in [4.69, 9.17) is 25.8 Å². The van der Waals surface area contributed by atoms with Crippen molar-refractivity contribution in [2.24, 2.45) is 0 Å². The van der Waals surface area contributed by atoms with Crippen molar-refractivity contribution in [1.29, 1.82) is 0 Å². The maximum Gasteiger partial charge on any atom is 0.324 e. The first-order chi connectivity index (χ1) is 14.8. The van der Waals surface area contributed by atoms with Crippen molar-refractivity contribution in [2.75, 3.05) is 25.3 Å². The van der Waals surface area contributed by atoms with E-state index in [1.807, 2.05) is 0 Å². The molecule has 1 amide bonds. The topological polar surface area (TPSA) is 111 Å². The van der Waals surface area contributed by atoms with Crippen LogP contribution in [-0.4, -0.2) is 50.6 Å². The number of rotatable bonds is 6. The van der Waals surface area contributed by atoms with E-state index in [0.717, 1.165) is 4.31 Å². The summed E-state index contributed by atoms with van der Waals surface area (Å²) in [6, 6.07) is 9.61. The van der Waals surface area contributed by atoms with Crippen molar-refractivity contribution >= 4 is 39.2 Å². The van der Waals surface area contributed by atoms with Crippen LogP contribution in [0, 0.1) is 0 Å². The highest BCUT2D eigenvalue weighted by Gasteiger charge is 2.40. The molecule has 2 heterocycles. The Bertz CT molecular complexity index is 1110. The van der Waals surface area contributed by atoms with Crippen molar-refractivity contribution < 1.29 is 32.2 Å². The summed E-state index contributed by atoms with van der Waals surface area (Å²) in [5.41, 5.74) is 0.457. The molecule has 1 saturated heterocycles. The molecule has 0 bridgehead atoms. The van der Waals surface area contributed by atoms with Gasteiger partial charge in [-0.3, -0.25) is 9.59 Å². The third kappa shape index (κ3) is 4.60. The third-order valence-corrected chi connectivity index (χ3v) is 7.07. The van der Waals surface area contributed by atoms with E-state index in [1.54, 1.807) is 18.2 Å². The number of carbonyl (C=O) groups excluding carboxylic acids is 2. The van der Waals surface area contributed by atoms with Crippen molar-refractivity contribution in [3.8, 4) is 11.5 Å². The number of hydrogen-bond acceptors (Lipinski definition) is 7. The Morgan fingerprint density at radius 2 is 1.87 bits per heavy atom. The number of ether oxygens (including phenoxy) is 3. The highest BCUT2D eigenvalue weighted by Crippen LogP contribution is 2.34. The first-order valence-electron chi connectivity index (χ1n) is 9.48. The minimum atomic E-state index is -3.90. The molecule has 9 nitrogen and oxygen atoms in total. The highest BCUT2D eigenvalue weighted by atomic mass is 35.5. The number of nitrogens with one attached hydrogen (secondary N) is 1. The number of halogens is 1. The largest absolute Gasteiger partial charge is 0.454 e. The van der Waals surface area contributed by atoms with Gasteiger partial charge in [0.1, 0.15) is 6.04 Å². The second kappa shape index (κ2) is 8.74. The maximum absolute atomic E-state index is 12.9. The first-order valence-corrected chi connectivity index (χ1v) is 11.3. The Kier molecular flexibility index (Phi) is 6.03. The van der Waals surface area contributed by atoms with E-state index in [9.17, 15) is 18.0 Å². The molecule has 0 unspecified atom stereocenters. The summed E-state index contributed by atoms with van der Waals surface area (Å²) >= 11 is 5.82. The lowest BCUT2D eigenvalue weighted by molar-refractivity contribution is -0.150. The second-order valence-corrected chi connectivity index (χ2v) is 9.28. The monoisotopic (exact) mass is 466 g/mol. The minimum absolute atomic E-state index is 0.0390. The van der Waals surface area contributed by atoms with Crippen LogP contribution in [0.15, 0.2) is 47.4 Å². The van der Waals surface area contributed by atoms with Gasteiger partial charge in [0.05, 0.1) is 4.90 Å². The molecular weight excluding hydrogens is 448 g/mol. The molecule has 1 atom stereocenters. The number of nitrogens with zero attached hydrogens (tertiary/aromatic N) is 1. The van der Waals surface area contributed by atoms with Gasteiger partial charge in [0, 0.05) is 23.3 Å². The van der Waals surface area contributed by atoms with E-state index in [2.05, 4.69) is 5.32 Å². The van der Waals surface area contributed by atoms with Crippen molar-refractivity contribution in [1.82, 2.24) is 4.31 Å². The molecule has 1 fully saturated rings. The van der Waals surface area contributed by atoms with Gasteiger partial charge in [0.15, 0.2) is 18.1 Å². The average Bonchev–Trinajstić information content (AvgIpc) is 3.42. The van der Waals surface area contributed by atoms with Gasteiger partial charge in [-0.05, 0) is 49.2 Å². The molecule has 0 aliphatic carbocycles. The number of amides is 1. The number of sulfonamides is 1. The molecule has 2 aliphatic heterocycles. The molecular formula is C20H19ClN2O7S. The number of carbonyl (C=O) groups is 2. The molecule has 0 saturated carbocycles. The summed E-state index contributed by atoms with van der Waals surface area (Å²) in [4.78, 5) is 24.7. The summed E-state index contributed by atoms with van der Waals surface area (Å²) in [7, 11) is -3.90. The SMILES string of the molecule is O=C(COC(=O)[C@@H]1CCCN1S(=O)(=O)c1ccc(Cl)cc1)Nc1ccc2c(c1)OCO2. The Balaban J connectivity index is 1.36. The van der Waals surface area contributed by atoms with Gasteiger partial charge in [0.2, 0.25) is 16.8 Å². The predicted molar refractivity (Wildman–Crippen MR) is 111 cm³/mol. The average molecular weight is 467 g/mol. The molecule has 0 spiro atoms. The van der Waals surface area contributed by atoms with Crippen LogP contribution < -0.4 is 14.8 Å². The molecule has 4 rings (SSSR count). The van der Waals surface area contributed by atoms with E-state index < -0.39 is 34.5 Å². The zero-order valence-electron chi connectivity index (χ0n) is 16.2. The summed E-state index contributed by atoms with van der Waals surface area (Å²) in [6.07, 6.45) is 0.825. The molecule has 2 aromatic rings. The van der Waals surface area contributed by atoms with Crippen LogP contribution in [0.4, 0.5) is 5.69 Å². The van der Waals surface area contributed by atoms with Gasteiger partial charge in [-0.25, -0.2) is 8.42 Å². The number of fused-ring (bicyclic) bond motifs is 1. The maximum atomic E-state index is 12.9. The second-order valence-electron chi connectivity index (χ2n) is 6.95. The molecule has 31 heavy (non-hydrogen) atoms. The highest BCUT2D eigenvalue weighted by molar-refractivity contribution is 7.89. The zero-order valence-corrected chi connectivity index (χ0v) is 17.8. The van der Waals surface area contributed by atoms with Crippen LogP contribution in [-0.2, 0) is 24.3 Å². The van der Waals surface area contributed by atoms with Gasteiger partial charge < -0.3 is 19.5 Å². The van der Waals surface area contributed by atoms with Gasteiger partial charge >= 0.3 is 5.97 Å². The number of hydrogen-bond donors (Lipinski definition) is 1. The lowest BCUT2D eigenvalue weighted by Gasteiger charge is -2.22. The first kappa shape index (κ1) is 21.4. The van der Waals surface area contributed by atoms with Crippen LogP contribution in [0.5, 0.6) is 11.5 Å². The number of benzene rings is 2. The summed E-state index contributed by atoms with van der Waals surface area (Å²) < 4.78 is 42.5. The lowest BCUT2D eigenvalue weighted by atomic mass is 10.2. The zero-order chi connectivity index (χ0) is 22.0. The van der Waals surface area contributed by atoms with Crippen LogP contribution in [0.3, 0.4) is 0 Å². The minimum Gasteiger partial charge on any atom is -0.454 e. The molecule has 0 radical (unpaired) electrons. The summed E-state index contributed by atoms with van der Waals surface area (Å²) in [6.45, 7) is -0.242. The van der Waals surface area contributed by atoms with Crippen LogP contribution in [0.1, 0.15) is 12.8 Å². The van der Waals surface area contributed by atoms with Crippen molar-refractivity contribution in [3.63, 3.8) is 0 Å². The molecule has 2 aromatic carbocycles. The van der Waals surface area contributed by atoms with Crippen LogP contribution in [0.25, 0.3) is 0 Å². The number of esters is 1. The fourth-order valence-corrected chi connectivity index (χ4v) is 5.18. The Hall–Kier alpha value is -2.82. The van der Waals surface area contributed by atoms with Crippen LogP contribution in [0.2, 0.25) is 5.02 Å². The standard InChI is InChI=1S/C20H19ClN2O7S/c21-13-3-6-15(7-4-13)31(26,27)23-9-1-2-16(23)20(25)28-11-19(24)22-14-5-8-17-18(10-14)30-12-29-17/h3-8,10,16H,1-2,9,11-12H2,(H,22,24)/t16-/m0/s1.